The van der Waals surface area contributed by atoms with Gasteiger partial charge in [-0.2, -0.15) is 0 Å². The van der Waals surface area contributed by atoms with Gasteiger partial charge in [0.05, 0.1) is 7.11 Å². The van der Waals surface area contributed by atoms with Crippen molar-refractivity contribution in [2.24, 2.45) is 0 Å². The first-order chi connectivity index (χ1) is 14.7. The second-order valence-electron chi connectivity index (χ2n) is 8.07. The monoisotopic (exact) mass is 406 g/mol. The van der Waals surface area contributed by atoms with E-state index >= 15 is 0 Å². The van der Waals surface area contributed by atoms with E-state index < -0.39 is 6.10 Å². The third-order valence-corrected chi connectivity index (χ3v) is 5.76. The molecule has 0 amide bonds. The fraction of sp³-hybridized carbons (Fsp3) is 0.444. The van der Waals surface area contributed by atoms with E-state index in [-0.39, 0.29) is 5.97 Å². The number of rotatable bonds is 12. The standard InChI is InChI=1S/C27H34O3/c1-3-4-5-6-7-8-9-10-17-26(27(28)29-2)30-25-18-13-16-23-19-21-14-11-12-15-22(21)20-24(23)25/h11-16,18-20,26H,3-10,17H2,1-2H3. The Hall–Kier alpha value is -2.55. The Morgan fingerprint density at radius 1 is 0.800 bits per heavy atom. The number of esters is 1. The molecule has 3 aromatic carbocycles. The molecule has 0 radical (unpaired) electrons. The van der Waals surface area contributed by atoms with Crippen LogP contribution in [0.1, 0.15) is 64.7 Å². The number of hydrogen-bond donors (Lipinski definition) is 0. The minimum atomic E-state index is -0.563. The van der Waals surface area contributed by atoms with Crippen LogP contribution in [0, 0.1) is 0 Å². The molecule has 0 heterocycles. The van der Waals surface area contributed by atoms with Gasteiger partial charge in [0.15, 0.2) is 6.10 Å². The maximum Gasteiger partial charge on any atom is 0.347 e. The van der Waals surface area contributed by atoms with Crippen LogP contribution < -0.4 is 4.74 Å². The number of benzene rings is 3. The topological polar surface area (TPSA) is 35.5 Å². The SMILES string of the molecule is CCCCCCCCCCC(Oc1cccc2cc3ccccc3cc12)C(=O)OC. The zero-order valence-electron chi connectivity index (χ0n) is 18.4. The largest absolute Gasteiger partial charge is 0.478 e. The number of carbonyl (C=O) groups is 1. The smallest absolute Gasteiger partial charge is 0.347 e. The van der Waals surface area contributed by atoms with Gasteiger partial charge in [0.25, 0.3) is 0 Å². The number of ether oxygens (including phenoxy) is 2. The van der Waals surface area contributed by atoms with Gasteiger partial charge < -0.3 is 9.47 Å². The quantitative estimate of drug-likeness (QED) is 0.178. The molecule has 1 atom stereocenters. The molecular formula is C27H34O3. The molecule has 0 spiro atoms. The van der Waals surface area contributed by atoms with E-state index in [1.165, 1.54) is 56.4 Å². The summed E-state index contributed by atoms with van der Waals surface area (Å²) in [5.74, 6) is 0.448. The highest BCUT2D eigenvalue weighted by molar-refractivity contribution is 6.01. The Labute approximate surface area is 180 Å². The molecule has 3 heteroatoms. The molecule has 0 aliphatic heterocycles. The fourth-order valence-corrected chi connectivity index (χ4v) is 4.01. The first kappa shape index (κ1) is 22.1. The maximum absolute atomic E-state index is 12.4. The second kappa shape index (κ2) is 11.6. The van der Waals surface area contributed by atoms with Crippen molar-refractivity contribution in [3.8, 4) is 5.75 Å². The van der Waals surface area contributed by atoms with Gasteiger partial charge in [0.1, 0.15) is 5.75 Å². The summed E-state index contributed by atoms with van der Waals surface area (Å²) in [6.45, 7) is 2.24. The lowest BCUT2D eigenvalue weighted by Gasteiger charge is -2.18. The van der Waals surface area contributed by atoms with E-state index in [4.69, 9.17) is 9.47 Å². The van der Waals surface area contributed by atoms with Gasteiger partial charge in [-0.3, -0.25) is 0 Å². The van der Waals surface area contributed by atoms with Crippen LogP contribution in [-0.4, -0.2) is 19.2 Å². The van der Waals surface area contributed by atoms with E-state index in [2.05, 4.69) is 37.3 Å². The van der Waals surface area contributed by atoms with Crippen molar-refractivity contribution in [1.29, 1.82) is 0 Å². The van der Waals surface area contributed by atoms with Crippen LogP contribution in [0.5, 0.6) is 5.75 Å². The number of carbonyl (C=O) groups excluding carboxylic acids is 1. The van der Waals surface area contributed by atoms with E-state index in [0.29, 0.717) is 6.42 Å². The number of unbranched alkanes of at least 4 members (excludes halogenated alkanes) is 7. The summed E-state index contributed by atoms with van der Waals surface area (Å²) < 4.78 is 11.2. The number of methoxy groups -OCH3 is 1. The third-order valence-electron chi connectivity index (χ3n) is 5.76. The summed E-state index contributed by atoms with van der Waals surface area (Å²) in [4.78, 5) is 12.4. The number of fused-ring (bicyclic) bond motifs is 2. The Balaban J connectivity index is 1.65. The predicted octanol–water partition coefficient (Wildman–Crippen LogP) is 7.44. The molecule has 0 saturated carbocycles. The van der Waals surface area contributed by atoms with Gasteiger partial charge >= 0.3 is 5.97 Å². The zero-order valence-corrected chi connectivity index (χ0v) is 18.4. The normalized spacial score (nSPS) is 12.2. The minimum Gasteiger partial charge on any atom is -0.478 e. The summed E-state index contributed by atoms with van der Waals surface area (Å²) in [7, 11) is 1.43. The van der Waals surface area contributed by atoms with Crippen molar-refractivity contribution in [3.63, 3.8) is 0 Å². The second-order valence-corrected chi connectivity index (χ2v) is 8.07. The van der Waals surface area contributed by atoms with Crippen molar-refractivity contribution in [2.45, 2.75) is 70.8 Å². The molecule has 0 aliphatic carbocycles. The first-order valence-corrected chi connectivity index (χ1v) is 11.4. The Morgan fingerprint density at radius 3 is 2.13 bits per heavy atom. The molecule has 160 valence electrons. The lowest BCUT2D eigenvalue weighted by molar-refractivity contribution is -0.149. The lowest BCUT2D eigenvalue weighted by atomic mass is 10.0. The van der Waals surface area contributed by atoms with Gasteiger partial charge in [-0.05, 0) is 47.2 Å². The lowest BCUT2D eigenvalue weighted by Crippen LogP contribution is -2.28. The molecule has 0 N–H and O–H groups in total. The van der Waals surface area contributed by atoms with Crippen LogP contribution in [0.15, 0.2) is 54.6 Å². The average molecular weight is 407 g/mol. The molecule has 1 unspecified atom stereocenters. The summed E-state index contributed by atoms with van der Waals surface area (Å²) in [6, 6.07) is 18.6. The van der Waals surface area contributed by atoms with E-state index in [0.717, 1.165) is 29.4 Å². The molecule has 3 nitrogen and oxygen atoms in total. The Bertz CT molecular complexity index is 947. The molecule has 3 rings (SSSR count). The van der Waals surface area contributed by atoms with Crippen LogP contribution in [0.3, 0.4) is 0 Å². The average Bonchev–Trinajstić information content (AvgIpc) is 2.78. The third kappa shape index (κ3) is 5.98. The highest BCUT2D eigenvalue weighted by Crippen LogP contribution is 2.31. The molecule has 3 aromatic rings. The molecule has 0 aromatic heterocycles. The van der Waals surface area contributed by atoms with Crippen LogP contribution in [0.2, 0.25) is 0 Å². The van der Waals surface area contributed by atoms with E-state index in [1.807, 2.05) is 24.3 Å². The fourth-order valence-electron chi connectivity index (χ4n) is 4.01. The molecule has 0 saturated heterocycles. The molecule has 0 fully saturated rings. The van der Waals surface area contributed by atoms with E-state index in [1.54, 1.807) is 0 Å². The highest BCUT2D eigenvalue weighted by atomic mass is 16.6. The molecule has 30 heavy (non-hydrogen) atoms. The summed E-state index contributed by atoms with van der Waals surface area (Å²) in [5.41, 5.74) is 0. The first-order valence-electron chi connectivity index (χ1n) is 11.4. The van der Waals surface area contributed by atoms with Gasteiger partial charge in [-0.15, -0.1) is 0 Å². The van der Waals surface area contributed by atoms with Crippen molar-refractivity contribution >= 4 is 27.5 Å². The summed E-state index contributed by atoms with van der Waals surface area (Å²) >= 11 is 0. The van der Waals surface area contributed by atoms with Gasteiger partial charge in [-0.1, -0.05) is 88.3 Å². The summed E-state index contributed by atoms with van der Waals surface area (Å²) in [5, 5.41) is 4.51. The summed E-state index contributed by atoms with van der Waals surface area (Å²) in [6.07, 6.45) is 9.98. The Morgan fingerprint density at radius 2 is 1.43 bits per heavy atom. The van der Waals surface area contributed by atoms with Gasteiger partial charge in [0.2, 0.25) is 0 Å². The zero-order chi connectivity index (χ0) is 21.2. The number of hydrogen-bond acceptors (Lipinski definition) is 3. The van der Waals surface area contributed by atoms with E-state index in [9.17, 15) is 4.79 Å². The predicted molar refractivity (Wildman–Crippen MR) is 125 cm³/mol. The molecular weight excluding hydrogens is 372 g/mol. The Kier molecular flexibility index (Phi) is 8.55. The van der Waals surface area contributed by atoms with Crippen molar-refractivity contribution in [1.82, 2.24) is 0 Å². The van der Waals surface area contributed by atoms with Crippen LogP contribution in [-0.2, 0) is 9.53 Å². The minimum absolute atomic E-state index is 0.296. The van der Waals surface area contributed by atoms with Crippen LogP contribution in [0.25, 0.3) is 21.5 Å². The van der Waals surface area contributed by atoms with Crippen molar-refractivity contribution < 1.29 is 14.3 Å². The molecule has 0 bridgehead atoms. The van der Waals surface area contributed by atoms with Crippen molar-refractivity contribution in [2.75, 3.05) is 7.11 Å². The van der Waals surface area contributed by atoms with Crippen LogP contribution in [0.4, 0.5) is 0 Å². The molecule has 0 aliphatic rings. The van der Waals surface area contributed by atoms with Gasteiger partial charge in [0, 0.05) is 5.39 Å². The van der Waals surface area contributed by atoms with Crippen LogP contribution >= 0.6 is 0 Å². The van der Waals surface area contributed by atoms with Gasteiger partial charge in [-0.25, -0.2) is 4.79 Å². The maximum atomic E-state index is 12.4. The van der Waals surface area contributed by atoms with Crippen molar-refractivity contribution in [3.05, 3.63) is 54.6 Å². The highest BCUT2D eigenvalue weighted by Gasteiger charge is 2.21.